The fraction of sp³-hybridized carbons (Fsp3) is 0.422. The first-order valence-electron chi connectivity index (χ1n) is 33.1. The molecule has 0 bridgehead atoms. The van der Waals surface area contributed by atoms with E-state index in [1.807, 2.05) is 0 Å². The lowest BCUT2D eigenvalue weighted by Gasteiger charge is -2.46. The van der Waals surface area contributed by atoms with Gasteiger partial charge in [-0.25, -0.2) is 0 Å². The van der Waals surface area contributed by atoms with E-state index in [0.717, 1.165) is 51.4 Å². The zero-order valence-corrected chi connectivity index (χ0v) is 54.8. The molecule has 8 aromatic rings. The highest BCUT2D eigenvalue weighted by molar-refractivity contribution is 5.87. The molecule has 0 aromatic heterocycles. The van der Waals surface area contributed by atoms with Crippen LogP contribution in [-0.2, 0) is 27.3 Å². The van der Waals surface area contributed by atoms with Crippen LogP contribution in [0.15, 0.2) is 182 Å². The minimum Gasteiger partial charge on any atom is -0.332 e. The Morgan fingerprint density at radius 2 is 0.588 bits per heavy atom. The van der Waals surface area contributed by atoms with Gasteiger partial charge in [-0.05, 0) is 227 Å². The molecule has 0 saturated carbocycles. The highest BCUT2D eigenvalue weighted by Gasteiger charge is 2.50. The summed E-state index contributed by atoms with van der Waals surface area (Å²) in [6.45, 7) is 39.1. The Labute approximate surface area is 514 Å². The largest absolute Gasteiger partial charge is 0.332 e. The number of nitrogens with zero attached hydrogens (tertiary/aromatic N) is 2. The van der Waals surface area contributed by atoms with E-state index in [-0.39, 0.29) is 21.8 Å². The minimum absolute atomic E-state index is 0.0478. The van der Waals surface area contributed by atoms with Gasteiger partial charge in [-0.1, -0.05) is 230 Å². The second kappa shape index (κ2) is 23.2. The Hall–Kier alpha value is -6.64. The van der Waals surface area contributed by atoms with E-state index in [2.05, 4.69) is 303 Å². The summed E-state index contributed by atoms with van der Waals surface area (Å²) in [6, 6.07) is 72.0. The maximum atomic E-state index is 2.78. The molecular formula is C83H100N2. The summed E-state index contributed by atoms with van der Waals surface area (Å²) in [4.78, 5) is 5.45. The molecule has 0 N–H and O–H groups in total. The van der Waals surface area contributed by atoms with Gasteiger partial charge in [0.2, 0.25) is 0 Å². The van der Waals surface area contributed by atoms with E-state index in [9.17, 15) is 0 Å². The highest BCUT2D eigenvalue weighted by Crippen LogP contribution is 2.61. The van der Waals surface area contributed by atoms with Crippen LogP contribution in [0.1, 0.15) is 207 Å². The van der Waals surface area contributed by atoms with Crippen molar-refractivity contribution in [3.63, 3.8) is 0 Å². The summed E-state index contributed by atoms with van der Waals surface area (Å²) in [5, 5.41) is 0. The molecule has 2 nitrogen and oxygen atoms in total. The van der Waals surface area contributed by atoms with E-state index in [1.165, 1.54) is 101 Å². The lowest BCUT2D eigenvalue weighted by Crippen LogP contribution is -2.43. The van der Waals surface area contributed by atoms with Crippen molar-refractivity contribution in [1.29, 1.82) is 0 Å². The monoisotopic (exact) mass is 1120 g/mol. The summed E-state index contributed by atoms with van der Waals surface area (Å²) in [6.07, 6.45) is 8.55. The zero-order chi connectivity index (χ0) is 60.4. The summed E-state index contributed by atoms with van der Waals surface area (Å²) in [5.41, 5.74) is 24.1. The molecule has 3 aliphatic rings. The van der Waals surface area contributed by atoms with Crippen molar-refractivity contribution in [2.45, 2.75) is 189 Å². The molecule has 0 saturated heterocycles. The quantitative estimate of drug-likeness (QED) is 0.0667. The predicted octanol–water partition coefficient (Wildman–Crippen LogP) is 23.7. The normalized spacial score (nSPS) is 15.2. The Kier molecular flexibility index (Phi) is 16.4. The number of fused-ring (bicyclic) bond motifs is 9. The van der Waals surface area contributed by atoms with Gasteiger partial charge in [0.1, 0.15) is 0 Å². The molecule has 0 atom stereocenters. The first-order chi connectivity index (χ1) is 40.6. The van der Waals surface area contributed by atoms with Gasteiger partial charge in [-0.2, -0.15) is 0 Å². The van der Waals surface area contributed by atoms with Crippen molar-refractivity contribution < 1.29 is 0 Å². The first-order valence-corrected chi connectivity index (χ1v) is 33.1. The lowest BCUT2D eigenvalue weighted by atomic mass is 9.67. The standard InChI is InChI=1S/C83H100N2/c1-17-83(18-2,62-38-42-69-67-33-25-27-35-73(67)80(49-55(3)4,50-56(5)6)76(69)46-62)85(64-31-23-20-24-32-64)66-40-44-72-70-41-37-61(45-75(70)82(53-59(11)12,54-60(13)14)78(72)48-66)79(15,16)84(63-29-21-19-22-30-63)65-39-43-71-68-34-26-28-36-74(68)81(51-57(7)8,52-58(9)10)77(71)47-65/h19-48,55-60H,17-18,49-54H2,1-16H3. The number of para-hydroxylation sites is 2. The SMILES string of the molecule is CCC(CC)(c1ccc2c(c1)C(CC(C)C)(CC(C)C)c1ccccc1-2)N(c1ccccc1)c1ccc2c(c1)C(CC(C)C)(CC(C)C)c1cc(C(C)(C)N(c3ccccc3)c3ccc4c(c3)C(CC(C)C)(CC(C)C)c3ccccc3-4)ccc1-2. The van der Waals surface area contributed by atoms with Gasteiger partial charge in [0, 0.05) is 39.0 Å². The summed E-state index contributed by atoms with van der Waals surface area (Å²) < 4.78 is 0. The Bertz CT molecular complexity index is 3630. The van der Waals surface area contributed by atoms with Crippen molar-refractivity contribution in [1.82, 2.24) is 0 Å². The van der Waals surface area contributed by atoms with E-state index < -0.39 is 5.54 Å². The predicted molar refractivity (Wildman–Crippen MR) is 367 cm³/mol. The van der Waals surface area contributed by atoms with Crippen molar-refractivity contribution in [3.05, 3.63) is 226 Å². The summed E-state index contributed by atoms with van der Waals surface area (Å²) in [7, 11) is 0. The average Bonchev–Trinajstić information content (AvgIpc) is 1.78. The fourth-order valence-electron chi connectivity index (χ4n) is 17.9. The van der Waals surface area contributed by atoms with Crippen molar-refractivity contribution in [3.8, 4) is 33.4 Å². The second-order valence-electron chi connectivity index (χ2n) is 29.5. The molecule has 0 heterocycles. The summed E-state index contributed by atoms with van der Waals surface area (Å²) >= 11 is 0. The molecule has 0 unspecified atom stereocenters. The second-order valence-corrected chi connectivity index (χ2v) is 29.5. The number of hydrogen-bond donors (Lipinski definition) is 0. The average molecular weight is 1130 g/mol. The van der Waals surface area contributed by atoms with E-state index >= 15 is 0 Å². The highest BCUT2D eigenvalue weighted by atomic mass is 15.2. The van der Waals surface area contributed by atoms with Gasteiger partial charge >= 0.3 is 0 Å². The molecule has 0 fully saturated rings. The summed E-state index contributed by atoms with van der Waals surface area (Å²) in [5.74, 6) is 3.12. The molecule has 442 valence electrons. The lowest BCUT2D eigenvalue weighted by molar-refractivity contribution is 0.335. The van der Waals surface area contributed by atoms with Crippen LogP contribution in [-0.4, -0.2) is 0 Å². The number of anilines is 4. The van der Waals surface area contributed by atoms with Crippen LogP contribution in [0.5, 0.6) is 0 Å². The third kappa shape index (κ3) is 10.2. The number of hydrogen-bond acceptors (Lipinski definition) is 2. The van der Waals surface area contributed by atoms with E-state index in [1.54, 1.807) is 0 Å². The van der Waals surface area contributed by atoms with Crippen molar-refractivity contribution >= 4 is 22.7 Å². The molecule has 0 amide bonds. The third-order valence-electron chi connectivity index (χ3n) is 20.3. The molecule has 85 heavy (non-hydrogen) atoms. The number of benzene rings is 8. The van der Waals surface area contributed by atoms with E-state index in [0.29, 0.717) is 35.5 Å². The van der Waals surface area contributed by atoms with Crippen LogP contribution in [0, 0.1) is 35.5 Å². The Balaban J connectivity index is 1.08. The molecule has 0 aliphatic heterocycles. The van der Waals surface area contributed by atoms with Gasteiger partial charge in [0.15, 0.2) is 0 Å². The van der Waals surface area contributed by atoms with Crippen LogP contribution in [0.2, 0.25) is 0 Å². The van der Waals surface area contributed by atoms with E-state index in [4.69, 9.17) is 0 Å². The molecule has 3 aliphatic carbocycles. The molecular weight excluding hydrogens is 1020 g/mol. The topological polar surface area (TPSA) is 6.48 Å². The fourth-order valence-corrected chi connectivity index (χ4v) is 17.9. The van der Waals surface area contributed by atoms with Crippen LogP contribution in [0.25, 0.3) is 33.4 Å². The van der Waals surface area contributed by atoms with Crippen molar-refractivity contribution in [2.24, 2.45) is 35.5 Å². The molecule has 0 radical (unpaired) electrons. The van der Waals surface area contributed by atoms with Gasteiger partial charge in [0.05, 0.1) is 11.1 Å². The van der Waals surface area contributed by atoms with Gasteiger partial charge in [0.25, 0.3) is 0 Å². The van der Waals surface area contributed by atoms with Gasteiger partial charge in [-0.3, -0.25) is 0 Å². The van der Waals surface area contributed by atoms with Crippen LogP contribution in [0.3, 0.4) is 0 Å². The minimum atomic E-state index is -0.443. The number of rotatable bonds is 22. The smallest absolute Gasteiger partial charge is 0.0697 e. The van der Waals surface area contributed by atoms with Crippen molar-refractivity contribution in [2.75, 3.05) is 9.80 Å². The molecule has 2 heteroatoms. The van der Waals surface area contributed by atoms with Crippen LogP contribution < -0.4 is 9.80 Å². The van der Waals surface area contributed by atoms with Gasteiger partial charge < -0.3 is 9.80 Å². The van der Waals surface area contributed by atoms with Gasteiger partial charge in [-0.15, -0.1) is 0 Å². The van der Waals surface area contributed by atoms with Crippen LogP contribution in [0.4, 0.5) is 22.7 Å². The zero-order valence-electron chi connectivity index (χ0n) is 54.8. The van der Waals surface area contributed by atoms with Crippen LogP contribution >= 0.6 is 0 Å². The maximum absolute atomic E-state index is 2.78. The third-order valence-corrected chi connectivity index (χ3v) is 20.3. The first kappa shape index (κ1) is 60.1. The molecule has 0 spiro atoms. The molecule has 8 aromatic carbocycles. The molecule has 11 rings (SSSR count). The maximum Gasteiger partial charge on any atom is 0.0697 e. The Morgan fingerprint density at radius 1 is 0.294 bits per heavy atom. The Morgan fingerprint density at radius 3 is 0.976 bits per heavy atom.